The van der Waals surface area contributed by atoms with E-state index in [-0.39, 0.29) is 11.8 Å². The molecule has 0 aromatic heterocycles. The van der Waals surface area contributed by atoms with Crippen molar-refractivity contribution in [2.24, 2.45) is 5.92 Å². The highest BCUT2D eigenvalue weighted by Gasteiger charge is 2.37. The number of carbonyl (C=O) groups excluding carboxylic acids is 2. The summed E-state index contributed by atoms with van der Waals surface area (Å²) in [4.78, 5) is 27.3. The third-order valence-electron chi connectivity index (χ3n) is 5.56. The van der Waals surface area contributed by atoms with Gasteiger partial charge in [-0.2, -0.15) is 0 Å². The minimum Gasteiger partial charge on any atom is -0.325 e. The number of amides is 2. The molecule has 0 aliphatic carbocycles. The third kappa shape index (κ3) is 5.32. The van der Waals surface area contributed by atoms with Crippen LogP contribution in [0.1, 0.15) is 23.1 Å². The Morgan fingerprint density at radius 2 is 1.66 bits per heavy atom. The molecule has 2 amide bonds. The van der Waals surface area contributed by atoms with Crippen molar-refractivity contribution in [3.63, 3.8) is 0 Å². The van der Waals surface area contributed by atoms with Crippen molar-refractivity contribution in [1.82, 2.24) is 0 Å². The van der Waals surface area contributed by atoms with Gasteiger partial charge in [-0.3, -0.25) is 13.8 Å². The monoisotopic (exact) mass is 446 g/mol. The molecular weight excluding hydrogens is 420 g/mol. The summed E-state index contributed by atoms with van der Waals surface area (Å²) in [6.45, 7) is 2.52. The molecule has 4 rings (SSSR count). The van der Waals surface area contributed by atoms with Crippen molar-refractivity contribution < 1.29 is 13.8 Å². The van der Waals surface area contributed by atoms with Crippen molar-refractivity contribution in [3.05, 3.63) is 95.6 Å². The van der Waals surface area contributed by atoms with Crippen molar-refractivity contribution in [1.29, 1.82) is 0 Å². The Morgan fingerprint density at radius 1 is 0.969 bits per heavy atom. The Labute approximate surface area is 190 Å². The van der Waals surface area contributed by atoms with E-state index < -0.39 is 16.7 Å². The molecule has 0 bridgehead atoms. The van der Waals surface area contributed by atoms with Crippen molar-refractivity contribution in [2.75, 3.05) is 16.8 Å². The molecule has 0 saturated carbocycles. The van der Waals surface area contributed by atoms with E-state index in [0.717, 1.165) is 22.4 Å². The summed E-state index contributed by atoms with van der Waals surface area (Å²) in [7, 11) is -1.05. The fraction of sp³-hybridized carbons (Fsp3) is 0.231. The summed E-state index contributed by atoms with van der Waals surface area (Å²) in [5, 5.41) is 2.87. The van der Waals surface area contributed by atoms with Gasteiger partial charge in [0, 0.05) is 40.2 Å². The van der Waals surface area contributed by atoms with Gasteiger partial charge in [0.1, 0.15) is 5.92 Å². The summed E-state index contributed by atoms with van der Waals surface area (Å²) < 4.78 is 12.5. The number of hydrogen-bond donors (Lipinski definition) is 1. The van der Waals surface area contributed by atoms with E-state index in [0.29, 0.717) is 30.2 Å². The van der Waals surface area contributed by atoms with E-state index >= 15 is 0 Å². The Kier molecular flexibility index (Phi) is 6.81. The highest BCUT2D eigenvalue weighted by atomic mass is 32.2. The van der Waals surface area contributed by atoms with Crippen LogP contribution in [0.2, 0.25) is 0 Å². The molecule has 6 heteroatoms. The van der Waals surface area contributed by atoms with Gasteiger partial charge in [-0.25, -0.2) is 0 Å². The number of hydrogen-bond acceptors (Lipinski definition) is 3. The van der Waals surface area contributed by atoms with Crippen LogP contribution in [0.3, 0.4) is 0 Å². The van der Waals surface area contributed by atoms with Crippen LogP contribution >= 0.6 is 0 Å². The van der Waals surface area contributed by atoms with E-state index in [2.05, 4.69) is 5.32 Å². The first-order chi connectivity index (χ1) is 15.5. The molecule has 0 spiro atoms. The van der Waals surface area contributed by atoms with Gasteiger partial charge in [-0.05, 0) is 48.7 Å². The lowest BCUT2D eigenvalue weighted by Crippen LogP contribution is -2.33. The maximum Gasteiger partial charge on any atom is 0.239 e. The topological polar surface area (TPSA) is 66.5 Å². The number of rotatable bonds is 7. The van der Waals surface area contributed by atoms with Crippen LogP contribution in [0.15, 0.2) is 78.9 Å². The molecule has 5 nitrogen and oxygen atoms in total. The predicted octanol–water partition coefficient (Wildman–Crippen LogP) is 4.44. The average Bonchev–Trinajstić information content (AvgIpc) is 3.16. The normalized spacial score (nSPS) is 16.7. The Hall–Kier alpha value is -3.25. The Balaban J connectivity index is 1.37. The lowest BCUT2D eigenvalue weighted by Gasteiger charge is -2.17. The quantitative estimate of drug-likeness (QED) is 0.546. The second-order valence-electron chi connectivity index (χ2n) is 8.07. The number of anilines is 2. The second kappa shape index (κ2) is 9.92. The fourth-order valence-corrected chi connectivity index (χ4v) is 5.09. The van der Waals surface area contributed by atoms with Crippen LogP contribution in [0, 0.1) is 12.8 Å². The van der Waals surface area contributed by atoms with E-state index in [9.17, 15) is 13.8 Å². The van der Waals surface area contributed by atoms with Crippen molar-refractivity contribution >= 4 is 34.0 Å². The van der Waals surface area contributed by atoms with E-state index in [1.807, 2.05) is 79.7 Å². The minimum atomic E-state index is -1.05. The average molecular weight is 447 g/mol. The van der Waals surface area contributed by atoms with Crippen LogP contribution in [0.5, 0.6) is 0 Å². The second-order valence-corrected chi connectivity index (χ2v) is 9.53. The Bertz CT molecular complexity index is 1130. The summed E-state index contributed by atoms with van der Waals surface area (Å²) >= 11 is 0. The largest absolute Gasteiger partial charge is 0.325 e. The first-order valence-electron chi connectivity index (χ1n) is 10.7. The molecule has 1 saturated heterocycles. The van der Waals surface area contributed by atoms with Crippen LogP contribution in [-0.2, 0) is 31.9 Å². The molecule has 1 N–H and O–H groups in total. The molecule has 2 atom stereocenters. The van der Waals surface area contributed by atoms with Crippen molar-refractivity contribution in [3.8, 4) is 0 Å². The summed E-state index contributed by atoms with van der Waals surface area (Å²) in [6.07, 6.45) is 0.485. The first-order valence-corrected chi connectivity index (χ1v) is 12.1. The van der Waals surface area contributed by atoms with E-state index in [4.69, 9.17) is 0 Å². The molecular formula is C26H26N2O3S. The molecule has 32 heavy (non-hydrogen) atoms. The van der Waals surface area contributed by atoms with E-state index in [1.54, 1.807) is 11.0 Å². The van der Waals surface area contributed by atoms with Gasteiger partial charge in [-0.1, -0.05) is 60.2 Å². The van der Waals surface area contributed by atoms with Crippen molar-refractivity contribution in [2.45, 2.75) is 24.9 Å². The first kappa shape index (κ1) is 22.0. The highest BCUT2D eigenvalue weighted by molar-refractivity contribution is 7.83. The number of nitrogens with zero attached hydrogens (tertiary/aromatic N) is 1. The van der Waals surface area contributed by atoms with Crippen LogP contribution < -0.4 is 10.2 Å². The van der Waals surface area contributed by atoms with Gasteiger partial charge in [0.15, 0.2) is 0 Å². The van der Waals surface area contributed by atoms with Gasteiger partial charge in [0.05, 0.1) is 0 Å². The van der Waals surface area contributed by atoms with Gasteiger partial charge in [-0.15, -0.1) is 0 Å². The Morgan fingerprint density at radius 3 is 2.41 bits per heavy atom. The molecule has 3 aromatic rings. The zero-order valence-corrected chi connectivity index (χ0v) is 18.8. The zero-order chi connectivity index (χ0) is 22.5. The molecule has 164 valence electrons. The smallest absolute Gasteiger partial charge is 0.239 e. The molecule has 3 aromatic carbocycles. The summed E-state index contributed by atoms with van der Waals surface area (Å²) in [5.74, 6) is -0.281. The van der Waals surface area contributed by atoms with Crippen LogP contribution in [0.4, 0.5) is 11.4 Å². The lowest BCUT2D eigenvalue weighted by molar-refractivity contribution is -0.129. The molecule has 1 heterocycles. The van der Waals surface area contributed by atoms with Crippen LogP contribution in [-0.4, -0.2) is 22.6 Å². The van der Waals surface area contributed by atoms with E-state index in [1.165, 1.54) is 0 Å². The molecule has 1 aliphatic heterocycles. The highest BCUT2D eigenvalue weighted by Crippen LogP contribution is 2.26. The number of benzene rings is 3. The standard InChI is InChI=1S/C26H26N2O3S/c1-19-10-12-23(13-11-19)28-15-14-24(26(28)30)25(29)27-22-9-5-8-21(16-22)18-32(31)17-20-6-3-2-4-7-20/h2-13,16,24H,14-15,17-18H2,1H3,(H,27,29). The maximum absolute atomic E-state index is 12.8. The predicted molar refractivity (Wildman–Crippen MR) is 129 cm³/mol. The van der Waals surface area contributed by atoms with Gasteiger partial charge >= 0.3 is 0 Å². The van der Waals surface area contributed by atoms with Gasteiger partial charge < -0.3 is 10.2 Å². The molecule has 1 aliphatic rings. The number of aryl methyl sites for hydroxylation is 1. The summed E-state index contributed by atoms with van der Waals surface area (Å²) in [6, 6.07) is 24.8. The van der Waals surface area contributed by atoms with Crippen LogP contribution in [0.25, 0.3) is 0 Å². The molecule has 0 radical (unpaired) electrons. The third-order valence-corrected chi connectivity index (χ3v) is 6.87. The lowest BCUT2D eigenvalue weighted by atomic mass is 10.1. The SMILES string of the molecule is Cc1ccc(N2CCC(C(=O)Nc3cccc(CS(=O)Cc4ccccc4)c3)C2=O)cc1. The number of carbonyl (C=O) groups is 2. The van der Waals surface area contributed by atoms with Gasteiger partial charge in [0.25, 0.3) is 0 Å². The zero-order valence-electron chi connectivity index (χ0n) is 18.0. The fourth-order valence-electron chi connectivity index (χ4n) is 3.87. The molecule has 2 unspecified atom stereocenters. The maximum atomic E-state index is 12.8. The number of nitrogens with one attached hydrogen (secondary N) is 1. The van der Waals surface area contributed by atoms with Gasteiger partial charge in [0.2, 0.25) is 11.8 Å². The molecule has 1 fully saturated rings. The minimum absolute atomic E-state index is 0.175. The summed E-state index contributed by atoms with van der Waals surface area (Å²) in [5.41, 5.74) is 4.48.